The SMILES string of the molecule is COc1ccc(C(F)(F)F)nc1I. The summed E-state index contributed by atoms with van der Waals surface area (Å²) in [5.41, 5.74) is -0.905. The molecule has 0 bridgehead atoms. The van der Waals surface area contributed by atoms with Gasteiger partial charge in [0, 0.05) is 0 Å². The minimum Gasteiger partial charge on any atom is -0.494 e. The van der Waals surface area contributed by atoms with Crippen LogP contribution in [0.3, 0.4) is 0 Å². The summed E-state index contributed by atoms with van der Waals surface area (Å²) in [6, 6.07) is 2.14. The molecule has 1 rings (SSSR count). The highest BCUT2D eigenvalue weighted by Gasteiger charge is 2.32. The third-order valence-electron chi connectivity index (χ3n) is 1.32. The summed E-state index contributed by atoms with van der Waals surface area (Å²) < 4.78 is 41.3. The average molecular weight is 303 g/mol. The molecule has 0 aliphatic carbocycles. The summed E-state index contributed by atoms with van der Waals surface area (Å²) in [7, 11) is 1.38. The molecule has 0 N–H and O–H groups in total. The normalized spacial score (nSPS) is 11.5. The predicted molar refractivity (Wildman–Crippen MR) is 48.5 cm³/mol. The number of alkyl halides is 3. The second kappa shape index (κ2) is 3.69. The van der Waals surface area contributed by atoms with Gasteiger partial charge in [-0.15, -0.1) is 0 Å². The third kappa shape index (κ3) is 2.45. The summed E-state index contributed by atoms with van der Waals surface area (Å²) >= 11 is 1.69. The number of methoxy groups -OCH3 is 1. The van der Waals surface area contributed by atoms with E-state index in [1.807, 2.05) is 0 Å². The van der Waals surface area contributed by atoms with Crippen molar-refractivity contribution in [2.45, 2.75) is 6.18 Å². The van der Waals surface area contributed by atoms with Gasteiger partial charge in [-0.1, -0.05) is 0 Å². The Morgan fingerprint density at radius 3 is 2.38 bits per heavy atom. The zero-order chi connectivity index (χ0) is 10.1. The van der Waals surface area contributed by atoms with E-state index in [1.165, 1.54) is 13.2 Å². The van der Waals surface area contributed by atoms with Gasteiger partial charge in [0.25, 0.3) is 0 Å². The first kappa shape index (κ1) is 10.6. The van der Waals surface area contributed by atoms with E-state index in [0.29, 0.717) is 5.75 Å². The molecule has 0 radical (unpaired) electrons. The lowest BCUT2D eigenvalue weighted by atomic mass is 10.3. The van der Waals surface area contributed by atoms with Crippen molar-refractivity contribution in [1.29, 1.82) is 0 Å². The molecule has 1 aromatic heterocycles. The summed E-state index contributed by atoms with van der Waals surface area (Å²) in [5, 5.41) is 0. The molecule has 0 atom stereocenters. The van der Waals surface area contributed by atoms with Crippen molar-refractivity contribution in [3.8, 4) is 5.75 Å². The van der Waals surface area contributed by atoms with E-state index in [9.17, 15) is 13.2 Å². The lowest BCUT2D eigenvalue weighted by molar-refractivity contribution is -0.141. The van der Waals surface area contributed by atoms with Crippen LogP contribution in [0.2, 0.25) is 0 Å². The monoisotopic (exact) mass is 303 g/mol. The minimum absolute atomic E-state index is 0.204. The van der Waals surface area contributed by atoms with Gasteiger partial charge in [-0.05, 0) is 34.7 Å². The fourth-order valence-electron chi connectivity index (χ4n) is 0.732. The number of hydrogen-bond donors (Lipinski definition) is 0. The summed E-state index contributed by atoms with van der Waals surface area (Å²) in [6.07, 6.45) is -4.40. The van der Waals surface area contributed by atoms with Crippen LogP contribution in [0.4, 0.5) is 13.2 Å². The molecule has 13 heavy (non-hydrogen) atoms. The van der Waals surface area contributed by atoms with Crippen LogP contribution >= 0.6 is 22.6 Å². The Balaban J connectivity index is 3.10. The number of rotatable bonds is 1. The van der Waals surface area contributed by atoms with Crippen molar-refractivity contribution in [3.63, 3.8) is 0 Å². The number of ether oxygens (including phenoxy) is 1. The van der Waals surface area contributed by atoms with Gasteiger partial charge in [-0.25, -0.2) is 4.98 Å². The summed E-state index contributed by atoms with van der Waals surface area (Å²) in [6.45, 7) is 0. The van der Waals surface area contributed by atoms with Crippen molar-refractivity contribution in [3.05, 3.63) is 21.5 Å². The van der Waals surface area contributed by atoms with Crippen LogP contribution in [0.25, 0.3) is 0 Å². The lowest BCUT2D eigenvalue weighted by Gasteiger charge is -2.07. The standard InChI is InChI=1S/C7H5F3INO/c1-13-4-2-3-5(7(8,9)10)12-6(4)11/h2-3H,1H3. The second-order valence-electron chi connectivity index (χ2n) is 2.19. The quantitative estimate of drug-likeness (QED) is 0.588. The first-order chi connectivity index (χ1) is 5.95. The summed E-state index contributed by atoms with van der Waals surface area (Å²) in [4.78, 5) is 3.35. The molecular weight excluding hydrogens is 298 g/mol. The van der Waals surface area contributed by atoms with Gasteiger partial charge in [0.05, 0.1) is 7.11 Å². The molecule has 0 saturated carbocycles. The van der Waals surface area contributed by atoms with Crippen LogP contribution in [0.15, 0.2) is 12.1 Å². The van der Waals surface area contributed by atoms with Crippen molar-refractivity contribution in [2.75, 3.05) is 7.11 Å². The van der Waals surface area contributed by atoms with Gasteiger partial charge in [0.2, 0.25) is 0 Å². The number of pyridine rings is 1. The number of aromatic nitrogens is 1. The first-order valence-electron chi connectivity index (χ1n) is 3.23. The van der Waals surface area contributed by atoms with Gasteiger partial charge >= 0.3 is 6.18 Å². The van der Waals surface area contributed by atoms with Gasteiger partial charge in [-0.3, -0.25) is 0 Å². The molecule has 0 aromatic carbocycles. The zero-order valence-corrected chi connectivity index (χ0v) is 8.68. The fourth-order valence-corrected chi connectivity index (χ4v) is 1.39. The van der Waals surface area contributed by atoms with Gasteiger partial charge in [0.15, 0.2) is 5.75 Å². The Morgan fingerprint density at radius 1 is 1.38 bits per heavy atom. The Kier molecular flexibility index (Phi) is 2.99. The maximum atomic E-state index is 12.1. The maximum Gasteiger partial charge on any atom is 0.433 e. The Hall–Kier alpha value is -0.530. The van der Waals surface area contributed by atoms with Gasteiger partial charge in [-0.2, -0.15) is 13.2 Å². The van der Waals surface area contributed by atoms with E-state index in [0.717, 1.165) is 6.07 Å². The molecule has 72 valence electrons. The maximum absolute atomic E-state index is 12.1. The van der Waals surface area contributed by atoms with E-state index in [4.69, 9.17) is 4.74 Å². The molecule has 0 saturated heterocycles. The predicted octanol–water partition coefficient (Wildman–Crippen LogP) is 2.71. The fraction of sp³-hybridized carbons (Fsp3) is 0.286. The van der Waals surface area contributed by atoms with Crippen LogP contribution in [-0.4, -0.2) is 12.1 Å². The Labute approximate surface area is 86.3 Å². The van der Waals surface area contributed by atoms with Gasteiger partial charge in [0.1, 0.15) is 9.39 Å². The van der Waals surface area contributed by atoms with Crippen LogP contribution in [0.5, 0.6) is 5.75 Å². The highest BCUT2D eigenvalue weighted by molar-refractivity contribution is 14.1. The van der Waals surface area contributed by atoms with E-state index >= 15 is 0 Å². The molecule has 0 fully saturated rings. The lowest BCUT2D eigenvalue weighted by Crippen LogP contribution is -2.08. The Bertz CT molecular complexity index is 313. The van der Waals surface area contributed by atoms with Crippen LogP contribution in [0.1, 0.15) is 5.69 Å². The first-order valence-corrected chi connectivity index (χ1v) is 4.30. The van der Waals surface area contributed by atoms with Crippen molar-refractivity contribution in [1.82, 2.24) is 4.98 Å². The van der Waals surface area contributed by atoms with Crippen molar-refractivity contribution >= 4 is 22.6 Å². The molecule has 0 spiro atoms. The van der Waals surface area contributed by atoms with Crippen LogP contribution in [-0.2, 0) is 6.18 Å². The molecule has 1 heterocycles. The molecule has 0 aliphatic rings. The largest absolute Gasteiger partial charge is 0.494 e. The van der Waals surface area contributed by atoms with Gasteiger partial charge < -0.3 is 4.74 Å². The number of halogens is 4. The molecule has 0 amide bonds. The molecule has 2 nitrogen and oxygen atoms in total. The van der Waals surface area contributed by atoms with E-state index in [-0.39, 0.29) is 3.70 Å². The third-order valence-corrected chi connectivity index (χ3v) is 2.10. The molecular formula is C7H5F3INO. The smallest absolute Gasteiger partial charge is 0.433 e. The summed E-state index contributed by atoms with van der Waals surface area (Å²) in [5.74, 6) is 0.341. The van der Waals surface area contributed by atoms with E-state index in [2.05, 4.69) is 4.98 Å². The zero-order valence-electron chi connectivity index (χ0n) is 6.52. The minimum atomic E-state index is -4.40. The highest BCUT2D eigenvalue weighted by Crippen LogP contribution is 2.30. The molecule has 1 aromatic rings. The van der Waals surface area contributed by atoms with Crippen molar-refractivity contribution in [2.24, 2.45) is 0 Å². The second-order valence-corrected chi connectivity index (χ2v) is 3.21. The number of nitrogens with zero attached hydrogens (tertiary/aromatic N) is 1. The van der Waals surface area contributed by atoms with Crippen LogP contribution in [0, 0.1) is 3.70 Å². The molecule has 0 unspecified atom stereocenters. The van der Waals surface area contributed by atoms with E-state index in [1.54, 1.807) is 22.6 Å². The topological polar surface area (TPSA) is 22.1 Å². The van der Waals surface area contributed by atoms with E-state index < -0.39 is 11.9 Å². The molecule has 0 aliphatic heterocycles. The number of hydrogen-bond acceptors (Lipinski definition) is 2. The van der Waals surface area contributed by atoms with Crippen LogP contribution < -0.4 is 4.74 Å². The highest BCUT2D eigenvalue weighted by atomic mass is 127. The molecule has 6 heteroatoms. The average Bonchev–Trinajstić information content (AvgIpc) is 2.02. The Morgan fingerprint density at radius 2 is 2.00 bits per heavy atom. The van der Waals surface area contributed by atoms with Crippen molar-refractivity contribution < 1.29 is 17.9 Å².